The van der Waals surface area contributed by atoms with Crippen molar-refractivity contribution in [2.45, 2.75) is 13.3 Å². The molecule has 32 heavy (non-hydrogen) atoms. The third-order valence-electron chi connectivity index (χ3n) is 5.47. The van der Waals surface area contributed by atoms with Crippen molar-refractivity contribution >= 4 is 29.1 Å². The molecule has 0 saturated carbocycles. The highest BCUT2D eigenvalue weighted by Crippen LogP contribution is 2.38. The summed E-state index contributed by atoms with van der Waals surface area (Å²) in [6.45, 7) is 7.52. The topological polar surface area (TPSA) is 63.6 Å². The monoisotopic (exact) mass is 457 g/mol. The van der Waals surface area contributed by atoms with Crippen LogP contribution in [0.2, 0.25) is 5.02 Å². The molecule has 7 nitrogen and oxygen atoms in total. The maximum atomic E-state index is 11.4. The first-order chi connectivity index (χ1) is 15.6. The van der Waals surface area contributed by atoms with E-state index in [-0.39, 0.29) is 5.97 Å². The number of carbonyl (C=O) groups excluding carboxylic acids is 1. The Morgan fingerprint density at radius 2 is 1.91 bits per heavy atom. The highest BCUT2D eigenvalue weighted by Gasteiger charge is 2.26. The van der Waals surface area contributed by atoms with E-state index in [1.165, 1.54) is 0 Å². The minimum atomic E-state index is -0.212. The van der Waals surface area contributed by atoms with Crippen LogP contribution in [-0.4, -0.2) is 74.1 Å². The van der Waals surface area contributed by atoms with Crippen LogP contribution in [0.25, 0.3) is 0 Å². The fraction of sp³-hybridized carbons (Fsp3) is 0.417. The van der Waals surface area contributed by atoms with Crippen molar-refractivity contribution in [1.29, 1.82) is 0 Å². The number of hydrogen-bond acceptors (Lipinski definition) is 7. The van der Waals surface area contributed by atoms with Crippen LogP contribution in [-0.2, 0) is 14.3 Å². The Labute approximate surface area is 193 Å². The number of piperazine rings is 1. The average Bonchev–Trinajstić information content (AvgIpc) is 2.96. The number of nitrogens with zero attached hydrogens (tertiary/aromatic N) is 3. The molecule has 8 heteroatoms. The van der Waals surface area contributed by atoms with Crippen LogP contribution in [0, 0.1) is 0 Å². The van der Waals surface area contributed by atoms with Gasteiger partial charge in [0.15, 0.2) is 5.75 Å². The summed E-state index contributed by atoms with van der Waals surface area (Å²) in [7, 11) is 0. The van der Waals surface area contributed by atoms with Crippen molar-refractivity contribution in [3.63, 3.8) is 0 Å². The van der Waals surface area contributed by atoms with E-state index in [1.54, 1.807) is 6.92 Å². The molecule has 1 saturated heterocycles. The zero-order valence-electron chi connectivity index (χ0n) is 18.3. The lowest BCUT2D eigenvalue weighted by atomic mass is 10.1. The van der Waals surface area contributed by atoms with E-state index >= 15 is 0 Å². The van der Waals surface area contributed by atoms with Crippen molar-refractivity contribution in [2.24, 2.45) is 4.99 Å². The standard InChI is InChI=1S/C24H28ClN3O4/c1-2-31-23(29)9-15-30-16-14-27-10-12-28(13-11-27)24-19-17-18(25)7-8-21(19)32-22-6-4-3-5-20(22)26-24/h3-8,17H,2,9-16H2,1H3. The van der Waals surface area contributed by atoms with Gasteiger partial charge in [-0.3, -0.25) is 9.69 Å². The zero-order chi connectivity index (χ0) is 22.3. The Morgan fingerprint density at radius 3 is 2.72 bits per heavy atom. The number of aliphatic imine (C=N–C) groups is 1. The molecule has 0 bridgehead atoms. The maximum Gasteiger partial charge on any atom is 0.308 e. The lowest BCUT2D eigenvalue weighted by molar-refractivity contribution is -0.144. The molecule has 0 aromatic heterocycles. The second-order valence-corrected chi connectivity index (χ2v) is 8.08. The highest BCUT2D eigenvalue weighted by atomic mass is 35.5. The molecule has 0 N–H and O–H groups in total. The smallest absolute Gasteiger partial charge is 0.308 e. The first-order valence-electron chi connectivity index (χ1n) is 11.0. The van der Waals surface area contributed by atoms with Crippen LogP contribution in [0.15, 0.2) is 47.5 Å². The second-order valence-electron chi connectivity index (χ2n) is 7.64. The van der Waals surface area contributed by atoms with Crippen molar-refractivity contribution in [1.82, 2.24) is 9.80 Å². The number of rotatable bonds is 7. The Hall–Kier alpha value is -2.61. The van der Waals surface area contributed by atoms with Gasteiger partial charge in [-0.2, -0.15) is 0 Å². The molecule has 2 heterocycles. The van der Waals surface area contributed by atoms with Crippen LogP contribution in [0.4, 0.5) is 5.69 Å². The van der Waals surface area contributed by atoms with Crippen LogP contribution < -0.4 is 4.74 Å². The fourth-order valence-electron chi connectivity index (χ4n) is 3.80. The molecule has 0 aliphatic carbocycles. The van der Waals surface area contributed by atoms with Crippen molar-refractivity contribution < 1.29 is 19.0 Å². The van der Waals surface area contributed by atoms with Gasteiger partial charge in [-0.25, -0.2) is 4.99 Å². The first kappa shape index (κ1) is 22.6. The molecular weight excluding hydrogens is 430 g/mol. The Bertz CT molecular complexity index is 973. The minimum Gasteiger partial charge on any atom is -0.466 e. The van der Waals surface area contributed by atoms with Crippen molar-refractivity contribution in [3.8, 4) is 11.5 Å². The molecule has 0 spiro atoms. The van der Waals surface area contributed by atoms with Gasteiger partial charge in [-0.05, 0) is 37.3 Å². The van der Waals surface area contributed by atoms with Gasteiger partial charge in [-0.1, -0.05) is 23.7 Å². The summed E-state index contributed by atoms with van der Waals surface area (Å²) in [5.74, 6) is 2.18. The Morgan fingerprint density at radius 1 is 1.09 bits per heavy atom. The van der Waals surface area contributed by atoms with Crippen LogP contribution in [0.5, 0.6) is 11.5 Å². The fourth-order valence-corrected chi connectivity index (χ4v) is 3.98. The summed E-state index contributed by atoms with van der Waals surface area (Å²) in [5, 5.41) is 0.657. The van der Waals surface area contributed by atoms with Crippen molar-refractivity contribution in [3.05, 3.63) is 53.1 Å². The van der Waals surface area contributed by atoms with Gasteiger partial charge in [0.05, 0.1) is 31.8 Å². The van der Waals surface area contributed by atoms with E-state index in [0.717, 1.165) is 61.3 Å². The predicted molar refractivity (Wildman–Crippen MR) is 124 cm³/mol. The van der Waals surface area contributed by atoms with E-state index in [9.17, 15) is 4.79 Å². The SMILES string of the molecule is CCOC(=O)CCOCCN1CCN(C2=Nc3ccccc3Oc3ccc(Cl)cc32)CC1. The first-order valence-corrected chi connectivity index (χ1v) is 11.4. The lowest BCUT2D eigenvalue weighted by Gasteiger charge is -2.36. The maximum absolute atomic E-state index is 11.4. The number of halogens is 1. The minimum absolute atomic E-state index is 0.212. The third-order valence-corrected chi connectivity index (χ3v) is 5.71. The number of esters is 1. The molecule has 0 radical (unpaired) electrons. The van der Waals surface area contributed by atoms with E-state index in [0.29, 0.717) is 31.3 Å². The lowest BCUT2D eigenvalue weighted by Crippen LogP contribution is -2.49. The van der Waals surface area contributed by atoms with E-state index in [1.807, 2.05) is 42.5 Å². The van der Waals surface area contributed by atoms with Gasteiger partial charge >= 0.3 is 5.97 Å². The summed E-state index contributed by atoms with van der Waals surface area (Å²) >= 11 is 6.31. The van der Waals surface area contributed by atoms with Crippen LogP contribution in [0.3, 0.4) is 0 Å². The summed E-state index contributed by atoms with van der Waals surface area (Å²) in [6.07, 6.45) is 0.299. The van der Waals surface area contributed by atoms with Gasteiger partial charge in [0.2, 0.25) is 0 Å². The van der Waals surface area contributed by atoms with Crippen LogP contribution >= 0.6 is 11.6 Å². The number of para-hydroxylation sites is 2. The summed E-state index contributed by atoms with van der Waals surface area (Å²) in [4.78, 5) is 21.0. The third kappa shape index (κ3) is 5.59. The van der Waals surface area contributed by atoms with Gasteiger partial charge in [0.1, 0.15) is 17.3 Å². The zero-order valence-corrected chi connectivity index (χ0v) is 19.0. The number of amidine groups is 1. The molecule has 0 amide bonds. The Kier molecular flexibility index (Phi) is 7.63. The van der Waals surface area contributed by atoms with Gasteiger partial charge in [0.25, 0.3) is 0 Å². The molecule has 2 aliphatic heterocycles. The van der Waals surface area contributed by atoms with E-state index < -0.39 is 0 Å². The average molecular weight is 458 g/mol. The number of fused-ring (bicyclic) bond motifs is 2. The normalized spacial score (nSPS) is 15.8. The largest absolute Gasteiger partial charge is 0.466 e. The van der Waals surface area contributed by atoms with Gasteiger partial charge < -0.3 is 19.1 Å². The van der Waals surface area contributed by atoms with E-state index in [2.05, 4.69) is 9.80 Å². The Balaban J connectivity index is 1.36. The highest BCUT2D eigenvalue weighted by molar-refractivity contribution is 6.31. The molecule has 2 aromatic carbocycles. The number of hydrogen-bond donors (Lipinski definition) is 0. The molecule has 170 valence electrons. The number of ether oxygens (including phenoxy) is 3. The summed E-state index contributed by atoms with van der Waals surface area (Å²) in [5.41, 5.74) is 1.72. The van der Waals surface area contributed by atoms with E-state index in [4.69, 9.17) is 30.8 Å². The summed E-state index contributed by atoms with van der Waals surface area (Å²) in [6, 6.07) is 13.5. The number of carbonyl (C=O) groups is 1. The predicted octanol–water partition coefficient (Wildman–Crippen LogP) is 4.11. The van der Waals surface area contributed by atoms with Gasteiger partial charge in [0, 0.05) is 37.7 Å². The summed E-state index contributed by atoms with van der Waals surface area (Å²) < 4.78 is 16.7. The molecule has 0 unspecified atom stereocenters. The molecule has 1 fully saturated rings. The second kappa shape index (κ2) is 10.8. The van der Waals surface area contributed by atoms with Crippen LogP contribution in [0.1, 0.15) is 18.9 Å². The quantitative estimate of drug-likeness (QED) is 0.460. The molecule has 2 aromatic rings. The van der Waals surface area contributed by atoms with Gasteiger partial charge in [-0.15, -0.1) is 0 Å². The molecule has 2 aliphatic rings. The number of benzene rings is 2. The van der Waals surface area contributed by atoms with Crippen molar-refractivity contribution in [2.75, 3.05) is 52.5 Å². The molecule has 4 rings (SSSR count). The molecular formula is C24H28ClN3O4. The molecule has 0 atom stereocenters.